The summed E-state index contributed by atoms with van der Waals surface area (Å²) in [7, 11) is 0. The second kappa shape index (κ2) is 15.7. The van der Waals surface area contributed by atoms with Crippen molar-refractivity contribution in [2.45, 2.75) is 114 Å². The van der Waals surface area contributed by atoms with Gasteiger partial charge in [0.2, 0.25) is 0 Å². The predicted octanol–water partition coefficient (Wildman–Crippen LogP) is 11.6. The summed E-state index contributed by atoms with van der Waals surface area (Å²) in [4.78, 5) is 0. The molecule has 0 N–H and O–H groups in total. The Labute approximate surface area is 247 Å². The van der Waals surface area contributed by atoms with E-state index in [2.05, 4.69) is 122 Å². The van der Waals surface area contributed by atoms with Gasteiger partial charge in [0.05, 0.1) is 0 Å². The first kappa shape index (κ1) is 33.2. The molecule has 1 unspecified atom stereocenters. The Hall–Kier alpha value is -2.96. The molecule has 2 rings (SSSR count). The molecule has 0 aliphatic heterocycles. The van der Waals surface area contributed by atoms with Crippen LogP contribution in [0.4, 0.5) is 0 Å². The molecule has 0 radical (unpaired) electrons. The van der Waals surface area contributed by atoms with Crippen molar-refractivity contribution in [3.05, 3.63) is 93.7 Å². The highest BCUT2D eigenvalue weighted by Gasteiger charge is 2.27. The van der Waals surface area contributed by atoms with Gasteiger partial charge in [0, 0.05) is 6.42 Å². The second-order valence-corrected chi connectivity index (χ2v) is 13.3. The fourth-order valence-electron chi connectivity index (χ4n) is 5.71. The van der Waals surface area contributed by atoms with Gasteiger partial charge in [0.25, 0.3) is 0 Å². The average Bonchev–Trinajstić information content (AvgIpc) is 2.85. The molecule has 0 heterocycles. The van der Waals surface area contributed by atoms with Gasteiger partial charge < -0.3 is 0 Å². The van der Waals surface area contributed by atoms with E-state index in [0.717, 1.165) is 17.6 Å². The first-order valence-corrected chi connectivity index (χ1v) is 15.3. The van der Waals surface area contributed by atoms with Crippen molar-refractivity contribution in [2.75, 3.05) is 0 Å². The largest absolute Gasteiger partial charge is 0.0976 e. The van der Waals surface area contributed by atoms with E-state index in [1.165, 1.54) is 60.8 Å². The Morgan fingerprint density at radius 2 is 1.32 bits per heavy atom. The maximum atomic E-state index is 3.36. The van der Waals surface area contributed by atoms with Gasteiger partial charge in [-0.1, -0.05) is 118 Å². The van der Waals surface area contributed by atoms with E-state index in [1.807, 2.05) is 25.2 Å². The number of allylic oxidation sites excluding steroid dienone is 16. The molecule has 0 aromatic carbocycles. The molecule has 0 bridgehead atoms. The molecule has 214 valence electrons. The van der Waals surface area contributed by atoms with Crippen molar-refractivity contribution < 1.29 is 0 Å². The summed E-state index contributed by atoms with van der Waals surface area (Å²) in [6, 6.07) is 0. The van der Waals surface area contributed by atoms with Gasteiger partial charge >= 0.3 is 0 Å². The van der Waals surface area contributed by atoms with E-state index in [-0.39, 0.29) is 5.41 Å². The Morgan fingerprint density at radius 1 is 0.800 bits per heavy atom. The summed E-state index contributed by atoms with van der Waals surface area (Å²) in [5, 5.41) is 0. The van der Waals surface area contributed by atoms with Crippen LogP contribution in [0.1, 0.15) is 114 Å². The topological polar surface area (TPSA) is 0 Å². The lowest BCUT2D eigenvalue weighted by Gasteiger charge is -2.33. The number of rotatable bonds is 7. The molecule has 2 aliphatic rings. The summed E-state index contributed by atoms with van der Waals surface area (Å²) < 4.78 is 0. The lowest BCUT2D eigenvalue weighted by Crippen LogP contribution is -2.19. The third-order valence-corrected chi connectivity index (χ3v) is 8.27. The molecule has 0 aromatic heterocycles. The van der Waals surface area contributed by atoms with Crippen molar-refractivity contribution >= 4 is 0 Å². The van der Waals surface area contributed by atoms with E-state index in [1.54, 1.807) is 5.57 Å². The van der Waals surface area contributed by atoms with Crippen LogP contribution >= 0.6 is 0 Å². The molecule has 0 aromatic rings. The van der Waals surface area contributed by atoms with Crippen molar-refractivity contribution in [3.63, 3.8) is 0 Å². The third kappa shape index (κ3) is 11.3. The maximum absolute atomic E-state index is 3.36. The van der Waals surface area contributed by atoms with E-state index in [4.69, 9.17) is 0 Å². The third-order valence-electron chi connectivity index (χ3n) is 8.27. The van der Waals surface area contributed by atoms with Gasteiger partial charge in [-0.05, 0) is 124 Å². The SMILES string of the molecule is CC1=C(/C=C/C(C)=C/C#C/C(C)=C/C=C\C=C(/C)C#CCC(C)/C=C/C2=C(C)CCCC2(C)C)C(C)(C)CCC1. The number of hydrogen-bond donors (Lipinski definition) is 0. The Balaban J connectivity index is 1.87. The molecule has 0 heteroatoms. The van der Waals surface area contributed by atoms with Crippen LogP contribution < -0.4 is 0 Å². The first-order chi connectivity index (χ1) is 18.8. The molecule has 0 amide bonds. The monoisotopic (exact) mass is 534 g/mol. The minimum Gasteiger partial charge on any atom is -0.0976 e. The van der Waals surface area contributed by atoms with Gasteiger partial charge in [0.1, 0.15) is 0 Å². The normalized spacial score (nSPS) is 21.1. The lowest BCUT2D eigenvalue weighted by molar-refractivity contribution is 0.376. The van der Waals surface area contributed by atoms with Gasteiger partial charge in [-0.15, -0.1) is 0 Å². The summed E-state index contributed by atoms with van der Waals surface area (Å²) in [5.41, 5.74) is 9.98. The Morgan fingerprint density at radius 3 is 1.88 bits per heavy atom. The van der Waals surface area contributed by atoms with Crippen LogP contribution in [0.2, 0.25) is 0 Å². The van der Waals surface area contributed by atoms with Crippen LogP contribution in [0.3, 0.4) is 0 Å². The molecule has 2 aliphatic carbocycles. The first-order valence-electron chi connectivity index (χ1n) is 15.3. The average molecular weight is 535 g/mol. The van der Waals surface area contributed by atoms with E-state index < -0.39 is 0 Å². The molecule has 0 nitrogen and oxygen atoms in total. The zero-order valence-corrected chi connectivity index (χ0v) is 27.2. The van der Waals surface area contributed by atoms with Crippen LogP contribution in [-0.2, 0) is 0 Å². The summed E-state index contributed by atoms with van der Waals surface area (Å²) in [5.74, 6) is 13.5. The van der Waals surface area contributed by atoms with Crippen LogP contribution in [0.5, 0.6) is 0 Å². The highest BCUT2D eigenvalue weighted by atomic mass is 14.3. The van der Waals surface area contributed by atoms with E-state index >= 15 is 0 Å². The number of hydrogen-bond acceptors (Lipinski definition) is 0. The minimum absolute atomic E-state index is 0.272. The molecular weight excluding hydrogens is 480 g/mol. The molecule has 0 fully saturated rings. The smallest absolute Gasteiger partial charge is 0.0153 e. The molecular formula is C40H54. The molecule has 1 atom stereocenters. The van der Waals surface area contributed by atoms with Crippen LogP contribution in [0, 0.1) is 40.4 Å². The van der Waals surface area contributed by atoms with Gasteiger partial charge in [0.15, 0.2) is 0 Å². The minimum atomic E-state index is 0.272. The van der Waals surface area contributed by atoms with Gasteiger partial charge in [-0.3, -0.25) is 0 Å². The fraction of sp³-hybridized carbons (Fsp3) is 0.500. The van der Waals surface area contributed by atoms with Crippen LogP contribution in [0.15, 0.2) is 93.7 Å². The summed E-state index contributed by atoms with van der Waals surface area (Å²) >= 11 is 0. The maximum Gasteiger partial charge on any atom is 0.0153 e. The fourth-order valence-corrected chi connectivity index (χ4v) is 5.71. The summed E-state index contributed by atoms with van der Waals surface area (Å²) in [6.07, 6.45) is 27.9. The zero-order valence-electron chi connectivity index (χ0n) is 27.2. The molecule has 0 spiro atoms. The highest BCUT2D eigenvalue weighted by Crippen LogP contribution is 2.41. The zero-order chi connectivity index (χ0) is 29.8. The molecule has 40 heavy (non-hydrogen) atoms. The predicted molar refractivity (Wildman–Crippen MR) is 179 cm³/mol. The lowest BCUT2D eigenvalue weighted by atomic mass is 9.72. The van der Waals surface area contributed by atoms with Crippen molar-refractivity contribution in [2.24, 2.45) is 16.7 Å². The van der Waals surface area contributed by atoms with Crippen molar-refractivity contribution in [1.82, 2.24) is 0 Å². The van der Waals surface area contributed by atoms with Gasteiger partial charge in [-0.25, -0.2) is 0 Å². The van der Waals surface area contributed by atoms with E-state index in [0.29, 0.717) is 11.3 Å². The molecule has 0 saturated heterocycles. The van der Waals surface area contributed by atoms with Crippen LogP contribution in [-0.4, -0.2) is 0 Å². The highest BCUT2D eigenvalue weighted by molar-refractivity contribution is 5.40. The van der Waals surface area contributed by atoms with E-state index in [9.17, 15) is 0 Å². The van der Waals surface area contributed by atoms with Crippen molar-refractivity contribution in [1.29, 1.82) is 0 Å². The van der Waals surface area contributed by atoms with Crippen LogP contribution in [0.25, 0.3) is 0 Å². The quantitative estimate of drug-likeness (QED) is 0.225. The van der Waals surface area contributed by atoms with Gasteiger partial charge in [-0.2, -0.15) is 0 Å². The second-order valence-electron chi connectivity index (χ2n) is 13.3. The standard InChI is InChI=1S/C40H54/c1-31(19-13-21-33(3)25-27-37-35(5)23-15-29-39(37,7)8)17-11-12-18-32(2)20-14-22-34(4)26-28-38-36(6)24-16-30-40(38,9)10/h11-12,17-18,21,25-28,34H,15-16,22-24,29-30H2,1-10H3/b12-11-,27-25+,28-26+,31-17+,32-18+,33-21+. The summed E-state index contributed by atoms with van der Waals surface area (Å²) in [6.45, 7) is 22.5. The Kier molecular flexibility index (Phi) is 13.1. The van der Waals surface area contributed by atoms with Crippen molar-refractivity contribution in [3.8, 4) is 23.7 Å². The Bertz CT molecular complexity index is 1260. The molecule has 0 saturated carbocycles.